The van der Waals surface area contributed by atoms with Crippen molar-refractivity contribution in [3.05, 3.63) is 65.0 Å². The van der Waals surface area contributed by atoms with Crippen LogP contribution in [-0.2, 0) is 32.0 Å². The molecule has 1 fully saturated rings. The largest absolute Gasteiger partial charge is 0.495 e. The molecule has 0 radical (unpaired) electrons. The first-order chi connectivity index (χ1) is 21.7. The molecule has 12 heteroatoms. The molecule has 0 saturated heterocycles. The number of amides is 2. The van der Waals surface area contributed by atoms with Gasteiger partial charge in [-0.05, 0) is 55.7 Å². The first kappa shape index (κ1) is 36.0. The quantitative estimate of drug-likeness (QED) is 0.219. The second kappa shape index (κ2) is 19.1. The third-order valence-electron chi connectivity index (χ3n) is 7.46. The minimum absolute atomic E-state index is 0.0303. The molecular weight excluding hydrogens is 591 g/mol. The standard InChI is InChI=1S/C33H44F3N3O6/c1-3-43-15-16-45-18-17-44-14-13-37-31(40)20-25-5-4-6-26(19-25)22-39-32(41)29-21-27(30(42-2)23-38-29)10-7-24-8-11-28(12-9-24)33(34,35)36/h4-7,10,19,21,23-24,28H,3,8-9,11-18,20,22H2,1-2H3,(H,37,40)(H,39,41)/b10-7+. The SMILES string of the molecule is CCOCCOCCOCCNC(=O)Cc1cccc(CNC(=O)c2cc(/C=C/C3CCC(C(F)(F)F)CC3)c(OC)cn2)c1. The van der Waals surface area contributed by atoms with Gasteiger partial charge in [0.15, 0.2) is 0 Å². The summed E-state index contributed by atoms with van der Waals surface area (Å²) in [6, 6.07) is 9.00. The van der Waals surface area contributed by atoms with Crippen molar-refractivity contribution in [3.8, 4) is 5.75 Å². The molecule has 0 unspecified atom stereocenters. The Morgan fingerprint density at radius 2 is 1.64 bits per heavy atom. The molecule has 3 rings (SSSR count). The Morgan fingerprint density at radius 1 is 0.956 bits per heavy atom. The topological polar surface area (TPSA) is 108 Å². The van der Waals surface area contributed by atoms with Crippen molar-refractivity contribution >= 4 is 17.9 Å². The van der Waals surface area contributed by atoms with E-state index in [1.54, 1.807) is 12.1 Å². The number of nitrogens with zero attached hydrogens (tertiary/aromatic N) is 1. The molecular formula is C33H44F3N3O6. The van der Waals surface area contributed by atoms with Crippen molar-refractivity contribution in [2.45, 2.75) is 51.7 Å². The average Bonchev–Trinajstić information content (AvgIpc) is 3.03. The molecule has 248 valence electrons. The maximum absolute atomic E-state index is 13.0. The molecule has 0 aliphatic heterocycles. The Hall–Kier alpha value is -3.48. The van der Waals surface area contributed by atoms with E-state index in [1.807, 2.05) is 37.3 Å². The normalized spacial score (nSPS) is 16.9. The number of carbonyl (C=O) groups is 2. The van der Waals surface area contributed by atoms with Gasteiger partial charge in [0.2, 0.25) is 5.91 Å². The predicted molar refractivity (Wildman–Crippen MR) is 164 cm³/mol. The number of methoxy groups -OCH3 is 1. The smallest absolute Gasteiger partial charge is 0.391 e. The summed E-state index contributed by atoms with van der Waals surface area (Å²) in [5, 5.41) is 5.68. The number of benzene rings is 1. The van der Waals surface area contributed by atoms with Crippen LogP contribution in [0.25, 0.3) is 6.08 Å². The summed E-state index contributed by atoms with van der Waals surface area (Å²) in [4.78, 5) is 29.5. The lowest BCUT2D eigenvalue weighted by atomic mass is 9.81. The molecule has 0 atom stereocenters. The molecule has 2 aromatic rings. The zero-order chi connectivity index (χ0) is 32.5. The van der Waals surface area contributed by atoms with E-state index in [0.717, 1.165) is 11.1 Å². The molecule has 1 aromatic carbocycles. The minimum Gasteiger partial charge on any atom is -0.495 e. The van der Waals surface area contributed by atoms with Crippen molar-refractivity contribution in [2.24, 2.45) is 11.8 Å². The first-order valence-electron chi connectivity index (χ1n) is 15.3. The summed E-state index contributed by atoms with van der Waals surface area (Å²) in [6.45, 7) is 5.58. The Labute approximate surface area is 262 Å². The van der Waals surface area contributed by atoms with Crippen molar-refractivity contribution in [1.82, 2.24) is 15.6 Å². The van der Waals surface area contributed by atoms with Gasteiger partial charge in [-0.15, -0.1) is 0 Å². The van der Waals surface area contributed by atoms with Crippen LogP contribution in [0.2, 0.25) is 0 Å². The van der Waals surface area contributed by atoms with E-state index in [1.165, 1.54) is 13.3 Å². The van der Waals surface area contributed by atoms with Crippen molar-refractivity contribution in [3.63, 3.8) is 0 Å². The maximum Gasteiger partial charge on any atom is 0.391 e. The number of rotatable bonds is 18. The highest BCUT2D eigenvalue weighted by Gasteiger charge is 2.40. The number of nitrogens with one attached hydrogen (secondary N) is 2. The third-order valence-corrected chi connectivity index (χ3v) is 7.46. The maximum atomic E-state index is 13.0. The van der Waals surface area contributed by atoms with Gasteiger partial charge in [0.25, 0.3) is 5.91 Å². The van der Waals surface area contributed by atoms with Crippen LogP contribution < -0.4 is 15.4 Å². The van der Waals surface area contributed by atoms with Gasteiger partial charge in [-0.3, -0.25) is 9.59 Å². The zero-order valence-electron chi connectivity index (χ0n) is 26.0. The highest BCUT2D eigenvalue weighted by Crippen LogP contribution is 2.40. The van der Waals surface area contributed by atoms with Gasteiger partial charge in [0.1, 0.15) is 11.4 Å². The zero-order valence-corrected chi connectivity index (χ0v) is 26.0. The van der Waals surface area contributed by atoms with E-state index in [-0.39, 0.29) is 49.2 Å². The van der Waals surface area contributed by atoms with Gasteiger partial charge in [0.05, 0.1) is 58.7 Å². The number of aromatic nitrogens is 1. The lowest BCUT2D eigenvalue weighted by molar-refractivity contribution is -0.183. The van der Waals surface area contributed by atoms with E-state index >= 15 is 0 Å². The van der Waals surface area contributed by atoms with Gasteiger partial charge in [0, 0.05) is 25.3 Å². The van der Waals surface area contributed by atoms with E-state index in [0.29, 0.717) is 70.3 Å². The number of halogens is 3. The lowest BCUT2D eigenvalue weighted by Crippen LogP contribution is -2.29. The van der Waals surface area contributed by atoms with E-state index < -0.39 is 12.1 Å². The number of ether oxygens (including phenoxy) is 4. The van der Waals surface area contributed by atoms with E-state index in [9.17, 15) is 22.8 Å². The second-order valence-corrected chi connectivity index (χ2v) is 10.8. The van der Waals surface area contributed by atoms with Gasteiger partial charge in [-0.25, -0.2) is 4.98 Å². The third kappa shape index (κ3) is 13.2. The van der Waals surface area contributed by atoms with Gasteiger partial charge in [-0.2, -0.15) is 13.2 Å². The van der Waals surface area contributed by atoms with Crippen LogP contribution in [0.5, 0.6) is 5.75 Å². The number of hydrogen-bond donors (Lipinski definition) is 2. The van der Waals surface area contributed by atoms with Gasteiger partial charge in [-0.1, -0.05) is 36.4 Å². The van der Waals surface area contributed by atoms with Crippen LogP contribution in [0, 0.1) is 11.8 Å². The minimum atomic E-state index is -4.14. The Bertz CT molecular complexity index is 1230. The molecule has 1 saturated carbocycles. The van der Waals surface area contributed by atoms with Crippen LogP contribution in [-0.4, -0.2) is 76.3 Å². The predicted octanol–water partition coefficient (Wildman–Crippen LogP) is 5.13. The molecule has 45 heavy (non-hydrogen) atoms. The highest BCUT2D eigenvalue weighted by atomic mass is 19.4. The number of allylic oxidation sites excluding steroid dienone is 1. The summed E-state index contributed by atoms with van der Waals surface area (Å²) < 4.78 is 60.3. The Balaban J connectivity index is 1.43. The monoisotopic (exact) mass is 635 g/mol. The van der Waals surface area contributed by atoms with Crippen molar-refractivity contribution in [2.75, 3.05) is 53.3 Å². The lowest BCUT2D eigenvalue weighted by Gasteiger charge is -2.28. The summed E-state index contributed by atoms with van der Waals surface area (Å²) in [6.07, 6.45) is 2.34. The first-order valence-corrected chi connectivity index (χ1v) is 15.3. The molecule has 1 aliphatic carbocycles. The van der Waals surface area contributed by atoms with Crippen LogP contribution in [0.1, 0.15) is 59.8 Å². The Morgan fingerprint density at radius 3 is 2.33 bits per heavy atom. The fourth-order valence-electron chi connectivity index (χ4n) is 4.98. The van der Waals surface area contributed by atoms with Crippen LogP contribution in [0.15, 0.2) is 42.6 Å². The fraction of sp³-hybridized carbons (Fsp3) is 0.545. The molecule has 1 heterocycles. The average molecular weight is 636 g/mol. The Kier molecular flexibility index (Phi) is 15.3. The van der Waals surface area contributed by atoms with Gasteiger partial charge < -0.3 is 29.6 Å². The molecule has 0 spiro atoms. The van der Waals surface area contributed by atoms with E-state index in [2.05, 4.69) is 15.6 Å². The van der Waals surface area contributed by atoms with Crippen molar-refractivity contribution < 1.29 is 41.7 Å². The summed E-state index contributed by atoms with van der Waals surface area (Å²) >= 11 is 0. The summed E-state index contributed by atoms with van der Waals surface area (Å²) in [5.74, 6) is -1.26. The van der Waals surface area contributed by atoms with Crippen LogP contribution >= 0.6 is 0 Å². The highest BCUT2D eigenvalue weighted by molar-refractivity contribution is 5.93. The van der Waals surface area contributed by atoms with Crippen LogP contribution in [0.3, 0.4) is 0 Å². The molecule has 0 bridgehead atoms. The van der Waals surface area contributed by atoms with Crippen LogP contribution in [0.4, 0.5) is 13.2 Å². The molecule has 1 aromatic heterocycles. The second-order valence-electron chi connectivity index (χ2n) is 10.8. The number of pyridine rings is 1. The van der Waals surface area contributed by atoms with E-state index in [4.69, 9.17) is 18.9 Å². The molecule has 1 aliphatic rings. The molecule has 2 amide bonds. The number of carbonyl (C=O) groups excluding carboxylic acids is 2. The van der Waals surface area contributed by atoms with Gasteiger partial charge >= 0.3 is 6.18 Å². The number of alkyl halides is 3. The summed E-state index contributed by atoms with van der Waals surface area (Å²) in [5.41, 5.74) is 2.44. The molecule has 9 nitrogen and oxygen atoms in total. The number of hydrogen-bond acceptors (Lipinski definition) is 7. The molecule has 2 N–H and O–H groups in total. The fourth-order valence-corrected chi connectivity index (χ4v) is 4.98. The summed E-state index contributed by atoms with van der Waals surface area (Å²) in [7, 11) is 1.49. The van der Waals surface area contributed by atoms with Crippen molar-refractivity contribution in [1.29, 1.82) is 0 Å².